The number of fused-ring (bicyclic) bond motifs is 1. The van der Waals surface area contributed by atoms with Gasteiger partial charge in [0.15, 0.2) is 5.78 Å². The number of phenolic OH excluding ortho intramolecular Hbond substituents is 1. The van der Waals surface area contributed by atoms with Crippen LogP contribution in [0.1, 0.15) is 15.9 Å². The number of carbonyl (C=O) groups excluding carboxylic acids is 1. The molecule has 0 saturated carbocycles. The number of nitrogens with one attached hydrogen (secondary N) is 2. The summed E-state index contributed by atoms with van der Waals surface area (Å²) in [7, 11) is -8.31. The number of phenols is 1. The van der Waals surface area contributed by atoms with E-state index in [0.717, 1.165) is 12.1 Å². The number of hydrogen-bond donors (Lipinski definition) is 5. The van der Waals surface area contributed by atoms with Crippen molar-refractivity contribution in [2.75, 3.05) is 22.3 Å². The summed E-state index contributed by atoms with van der Waals surface area (Å²) in [6, 6.07) is 18.0. The Hall–Kier alpha value is -5.07. The smallest absolute Gasteiger partial charge is 0.377 e. The number of hydrazine groups is 1. The summed E-state index contributed by atoms with van der Waals surface area (Å²) in [5.74, 6) is -0.913. The van der Waals surface area contributed by atoms with Gasteiger partial charge in [0.25, 0.3) is 10.1 Å². The van der Waals surface area contributed by atoms with Crippen LogP contribution < -0.4 is 19.9 Å². The fourth-order valence-corrected chi connectivity index (χ4v) is 5.45. The second kappa shape index (κ2) is 12.1. The molecule has 1 heterocycles. The predicted octanol–water partition coefficient (Wildman–Crippen LogP) is 4.25. The van der Waals surface area contributed by atoms with Crippen LogP contribution in [0.5, 0.6) is 11.5 Å². The third-order valence-electron chi connectivity index (χ3n) is 6.24. The van der Waals surface area contributed by atoms with Gasteiger partial charge in [0.05, 0.1) is 23.3 Å². The maximum Gasteiger partial charge on any atom is 0.377 e. The van der Waals surface area contributed by atoms with E-state index in [-0.39, 0.29) is 43.6 Å². The van der Waals surface area contributed by atoms with Crippen molar-refractivity contribution in [3.05, 3.63) is 95.3 Å². The molecule has 0 aliphatic carbocycles. The zero-order valence-electron chi connectivity index (χ0n) is 22.8. The van der Waals surface area contributed by atoms with E-state index >= 15 is 0 Å². The lowest BCUT2D eigenvalue weighted by atomic mass is 10.0. The molecule has 4 aromatic carbocycles. The van der Waals surface area contributed by atoms with Crippen LogP contribution in [-0.2, 0) is 20.4 Å². The highest BCUT2D eigenvalue weighted by Crippen LogP contribution is 2.31. The predicted molar refractivity (Wildman–Crippen MR) is 164 cm³/mol. The van der Waals surface area contributed by atoms with E-state index < -0.39 is 37.0 Å². The summed E-state index contributed by atoms with van der Waals surface area (Å²) in [5.41, 5.74) is 2.80. The van der Waals surface area contributed by atoms with Crippen LogP contribution >= 0.6 is 11.6 Å². The molecule has 5 rings (SSSR count). The molecule has 0 fully saturated rings. The molecule has 0 aliphatic heterocycles. The molecule has 0 amide bonds. The summed E-state index contributed by atoms with van der Waals surface area (Å²) < 4.78 is 73.1. The fraction of sp³-hybridized carbons (Fsp3) is 0.0370. The standard InChI is InChI=1S/C27H21ClN6O9S2/c1-43-18-10-12-20(23(35)13-18)24(36)16-5-8-17(9-6-16)29-26-30-25(28)31-27(32-26)33-34(45(40,41)42)22-4-2-3-15-7-11-19(14-21(15)22)44(37,38)39/h2-14,35H,1H3,(H,37,38,39)(H,40,41,42)(H2,29,30,31,32,33). The van der Waals surface area contributed by atoms with E-state index in [0.29, 0.717) is 16.8 Å². The lowest BCUT2D eigenvalue weighted by molar-refractivity contribution is 0.103. The number of methoxy groups -OCH3 is 1. The number of halogens is 1. The van der Waals surface area contributed by atoms with E-state index in [1.54, 1.807) is 12.1 Å². The first-order valence-corrected chi connectivity index (χ1v) is 15.7. The first-order valence-electron chi connectivity index (χ1n) is 12.5. The Kier molecular flexibility index (Phi) is 8.46. The molecule has 0 spiro atoms. The number of rotatable bonds is 10. The highest BCUT2D eigenvalue weighted by molar-refractivity contribution is 7.87. The monoisotopic (exact) mass is 672 g/mol. The number of ketones is 1. The molecule has 45 heavy (non-hydrogen) atoms. The van der Waals surface area contributed by atoms with Gasteiger partial charge in [0, 0.05) is 22.7 Å². The van der Waals surface area contributed by atoms with Crippen molar-refractivity contribution in [3.8, 4) is 11.5 Å². The molecule has 0 unspecified atom stereocenters. The van der Waals surface area contributed by atoms with Gasteiger partial charge in [0.1, 0.15) is 11.5 Å². The van der Waals surface area contributed by atoms with Crippen LogP contribution in [0.2, 0.25) is 5.28 Å². The summed E-state index contributed by atoms with van der Waals surface area (Å²) in [4.78, 5) is 24.2. The second-order valence-electron chi connectivity index (χ2n) is 9.16. The van der Waals surface area contributed by atoms with Crippen molar-refractivity contribution >= 4 is 71.9 Å². The van der Waals surface area contributed by atoms with Crippen LogP contribution in [0.3, 0.4) is 0 Å². The van der Waals surface area contributed by atoms with Crippen molar-refractivity contribution in [1.82, 2.24) is 15.0 Å². The van der Waals surface area contributed by atoms with E-state index in [1.807, 2.05) is 0 Å². The summed E-state index contributed by atoms with van der Waals surface area (Å²) in [6.45, 7) is 0. The van der Waals surface area contributed by atoms with Gasteiger partial charge in [0.2, 0.25) is 17.2 Å². The molecular formula is C27H21ClN6O9S2. The molecule has 0 atom stereocenters. The van der Waals surface area contributed by atoms with Gasteiger partial charge in [-0.2, -0.15) is 36.2 Å². The third-order valence-corrected chi connectivity index (χ3v) is 8.01. The molecule has 0 radical (unpaired) electrons. The van der Waals surface area contributed by atoms with Gasteiger partial charge < -0.3 is 15.2 Å². The number of ether oxygens (including phenoxy) is 1. The van der Waals surface area contributed by atoms with Crippen LogP contribution in [0.15, 0.2) is 83.8 Å². The first kappa shape index (κ1) is 31.4. The lowest BCUT2D eigenvalue weighted by Gasteiger charge is -2.23. The van der Waals surface area contributed by atoms with Crippen LogP contribution in [0.25, 0.3) is 10.8 Å². The summed E-state index contributed by atoms with van der Waals surface area (Å²) in [5, 5.41) is 13.0. The van der Waals surface area contributed by atoms with E-state index in [4.69, 9.17) is 16.3 Å². The van der Waals surface area contributed by atoms with Crippen molar-refractivity contribution < 1.29 is 40.6 Å². The minimum absolute atomic E-state index is 0.0221. The fourth-order valence-electron chi connectivity index (χ4n) is 4.18. The van der Waals surface area contributed by atoms with Gasteiger partial charge in [-0.05, 0) is 71.6 Å². The Bertz CT molecular complexity index is 2170. The van der Waals surface area contributed by atoms with Gasteiger partial charge in [-0.1, -0.05) is 18.2 Å². The molecule has 0 aliphatic rings. The molecule has 15 nitrogen and oxygen atoms in total. The van der Waals surface area contributed by atoms with E-state index in [9.17, 15) is 35.8 Å². The van der Waals surface area contributed by atoms with Gasteiger partial charge in [-0.25, -0.2) is 5.43 Å². The second-order valence-corrected chi connectivity index (χ2v) is 12.2. The molecule has 1 aromatic heterocycles. The number of anilines is 4. The van der Waals surface area contributed by atoms with Crippen molar-refractivity contribution in [2.45, 2.75) is 4.90 Å². The van der Waals surface area contributed by atoms with E-state index in [2.05, 4.69) is 25.7 Å². The van der Waals surface area contributed by atoms with Gasteiger partial charge in [-0.3, -0.25) is 13.9 Å². The number of hydrogen-bond acceptors (Lipinski definition) is 12. The first-order chi connectivity index (χ1) is 21.2. The average molecular weight is 673 g/mol. The van der Waals surface area contributed by atoms with Gasteiger partial charge >= 0.3 is 10.3 Å². The molecule has 18 heteroatoms. The Balaban J connectivity index is 1.42. The Morgan fingerprint density at radius 3 is 2.24 bits per heavy atom. The minimum atomic E-state index is -5.09. The molecular weight excluding hydrogens is 652 g/mol. The highest BCUT2D eigenvalue weighted by atomic mass is 35.5. The zero-order valence-corrected chi connectivity index (χ0v) is 25.2. The molecule has 0 saturated heterocycles. The van der Waals surface area contributed by atoms with Crippen LogP contribution in [0, 0.1) is 0 Å². The molecule has 5 aromatic rings. The number of aromatic hydroxyl groups is 1. The zero-order chi connectivity index (χ0) is 32.5. The SMILES string of the molecule is COc1ccc(C(=O)c2ccc(Nc3nc(Cl)nc(NN(c4cccc5ccc(S(=O)(=O)O)cc45)S(=O)(=O)O)n3)cc2)c(O)c1. The Morgan fingerprint density at radius 2 is 1.60 bits per heavy atom. The number of nitrogens with zero attached hydrogens (tertiary/aromatic N) is 4. The van der Waals surface area contributed by atoms with Crippen molar-refractivity contribution in [3.63, 3.8) is 0 Å². The maximum atomic E-state index is 12.9. The van der Waals surface area contributed by atoms with Crippen molar-refractivity contribution in [1.29, 1.82) is 0 Å². The normalized spacial score (nSPS) is 11.6. The molecule has 5 N–H and O–H groups in total. The quantitative estimate of drug-likeness (QED) is 0.0795. The van der Waals surface area contributed by atoms with Gasteiger partial charge in [-0.15, -0.1) is 0 Å². The average Bonchev–Trinajstić information content (AvgIpc) is 2.98. The molecule has 232 valence electrons. The van der Waals surface area contributed by atoms with Crippen LogP contribution in [0.4, 0.5) is 23.3 Å². The van der Waals surface area contributed by atoms with E-state index in [1.165, 1.54) is 61.7 Å². The number of benzene rings is 4. The summed E-state index contributed by atoms with van der Waals surface area (Å²) >= 11 is 6.05. The molecule has 0 bridgehead atoms. The summed E-state index contributed by atoms with van der Waals surface area (Å²) in [6.07, 6.45) is 0. The Morgan fingerprint density at radius 1 is 0.889 bits per heavy atom. The largest absolute Gasteiger partial charge is 0.507 e. The van der Waals surface area contributed by atoms with Crippen LogP contribution in [-0.4, -0.2) is 58.9 Å². The minimum Gasteiger partial charge on any atom is -0.507 e. The topological polar surface area (TPSA) is 221 Å². The number of carbonyl (C=O) groups is 1. The lowest BCUT2D eigenvalue weighted by Crippen LogP contribution is -2.36. The van der Waals surface area contributed by atoms with Crippen molar-refractivity contribution in [2.24, 2.45) is 0 Å². The highest BCUT2D eigenvalue weighted by Gasteiger charge is 2.25. The maximum absolute atomic E-state index is 12.9. The Labute approximate surface area is 260 Å². The third kappa shape index (κ3) is 7.03. The number of aromatic nitrogens is 3.